The van der Waals surface area contributed by atoms with E-state index in [0.29, 0.717) is 31.9 Å². The van der Waals surface area contributed by atoms with Crippen molar-refractivity contribution in [2.45, 2.75) is 49.5 Å². The number of para-hydroxylation sites is 1. The molecule has 2 N–H and O–H groups in total. The number of hydrogen-bond donors (Lipinski definition) is 1. The first kappa shape index (κ1) is 25.7. The van der Waals surface area contributed by atoms with Crippen molar-refractivity contribution in [3.63, 3.8) is 0 Å². The minimum absolute atomic E-state index is 0. The fourth-order valence-corrected chi connectivity index (χ4v) is 6.47. The molecule has 2 aromatic rings. The Hall–Kier alpha value is -2.38. The predicted molar refractivity (Wildman–Crippen MR) is 124 cm³/mol. The predicted octanol–water partition coefficient (Wildman–Crippen LogP) is 0.343. The first-order valence-corrected chi connectivity index (χ1v) is 12.3. The lowest BCUT2D eigenvalue weighted by atomic mass is 9.68. The molecule has 1 spiro atoms. The van der Waals surface area contributed by atoms with E-state index in [1.807, 2.05) is 36.4 Å². The van der Waals surface area contributed by atoms with Crippen molar-refractivity contribution < 1.29 is 40.8 Å². The maximum Gasteiger partial charge on any atom is 0.240 e. The SMILES string of the molecule is COc1cccc2c1OCC[C@]21C[NH2+]C[C@H]1C(=O)N1CCC(c2ccccc2)CC1CC(F)F.[Cl-]. The summed E-state index contributed by atoms with van der Waals surface area (Å²) in [5.74, 6) is 1.34. The molecule has 35 heavy (non-hydrogen) atoms. The summed E-state index contributed by atoms with van der Waals surface area (Å²) in [7, 11) is 1.62. The largest absolute Gasteiger partial charge is 1.00 e. The molecule has 0 aliphatic carbocycles. The number of likely N-dealkylation sites (tertiary alicyclic amines) is 1. The van der Waals surface area contributed by atoms with Crippen molar-refractivity contribution in [1.82, 2.24) is 4.90 Å². The van der Waals surface area contributed by atoms with Crippen LogP contribution in [0.25, 0.3) is 0 Å². The number of amides is 1. The number of methoxy groups -OCH3 is 1. The summed E-state index contributed by atoms with van der Waals surface area (Å²) in [5, 5.41) is 2.19. The number of carbonyl (C=O) groups excluding carboxylic acids is 1. The van der Waals surface area contributed by atoms with E-state index in [9.17, 15) is 13.6 Å². The minimum Gasteiger partial charge on any atom is -1.00 e. The molecular formula is C27H33ClF2N2O3. The zero-order valence-electron chi connectivity index (χ0n) is 20.0. The molecule has 8 heteroatoms. The van der Waals surface area contributed by atoms with Crippen LogP contribution in [-0.4, -0.2) is 56.6 Å². The van der Waals surface area contributed by atoms with Crippen LogP contribution in [0, 0.1) is 5.92 Å². The van der Waals surface area contributed by atoms with Crippen molar-refractivity contribution in [2.24, 2.45) is 5.92 Å². The van der Waals surface area contributed by atoms with Crippen molar-refractivity contribution in [1.29, 1.82) is 0 Å². The molecule has 5 rings (SSSR count). The van der Waals surface area contributed by atoms with E-state index in [-0.39, 0.29) is 42.0 Å². The Morgan fingerprint density at radius 3 is 2.77 bits per heavy atom. The molecule has 3 heterocycles. The molecule has 3 aliphatic rings. The van der Waals surface area contributed by atoms with Gasteiger partial charge in [0, 0.05) is 24.6 Å². The van der Waals surface area contributed by atoms with Crippen molar-refractivity contribution in [3.8, 4) is 11.5 Å². The van der Waals surface area contributed by atoms with Crippen molar-refractivity contribution >= 4 is 5.91 Å². The van der Waals surface area contributed by atoms with Gasteiger partial charge in [-0.2, -0.15) is 0 Å². The Morgan fingerprint density at radius 1 is 1.23 bits per heavy atom. The van der Waals surface area contributed by atoms with Gasteiger partial charge < -0.3 is 32.1 Å². The Bertz CT molecular complexity index is 1020. The summed E-state index contributed by atoms with van der Waals surface area (Å²) in [6.45, 7) is 2.48. The van der Waals surface area contributed by atoms with Crippen molar-refractivity contribution in [3.05, 3.63) is 59.7 Å². The quantitative estimate of drug-likeness (QED) is 0.636. The number of rotatable bonds is 5. The molecule has 2 saturated heterocycles. The van der Waals surface area contributed by atoms with Crippen LogP contribution in [0.1, 0.15) is 42.7 Å². The van der Waals surface area contributed by atoms with Gasteiger partial charge in [-0.25, -0.2) is 8.78 Å². The van der Waals surface area contributed by atoms with E-state index in [1.54, 1.807) is 12.0 Å². The normalized spacial score (nSPS) is 27.8. The third-order valence-corrected chi connectivity index (χ3v) is 8.13. The van der Waals surface area contributed by atoms with Gasteiger partial charge in [-0.1, -0.05) is 42.5 Å². The second-order valence-electron chi connectivity index (χ2n) is 9.82. The zero-order valence-corrected chi connectivity index (χ0v) is 20.7. The molecule has 3 aliphatic heterocycles. The lowest BCUT2D eigenvalue weighted by Crippen LogP contribution is -3.00. The molecular weight excluding hydrogens is 474 g/mol. The molecule has 4 atom stereocenters. The smallest absolute Gasteiger partial charge is 0.240 e. The van der Waals surface area contributed by atoms with E-state index < -0.39 is 12.5 Å². The Labute approximate surface area is 211 Å². The number of benzene rings is 2. The van der Waals surface area contributed by atoms with Gasteiger partial charge in [0.15, 0.2) is 11.5 Å². The summed E-state index contributed by atoms with van der Waals surface area (Å²) in [4.78, 5) is 15.8. The Kier molecular flexibility index (Phi) is 7.86. The Morgan fingerprint density at radius 2 is 2.03 bits per heavy atom. The van der Waals surface area contributed by atoms with E-state index in [4.69, 9.17) is 9.47 Å². The van der Waals surface area contributed by atoms with Crippen LogP contribution in [0.15, 0.2) is 48.5 Å². The van der Waals surface area contributed by atoms with Crippen molar-refractivity contribution in [2.75, 3.05) is 33.4 Å². The number of hydrogen-bond acceptors (Lipinski definition) is 3. The van der Waals surface area contributed by atoms with Gasteiger partial charge in [0.05, 0.1) is 32.2 Å². The van der Waals surface area contributed by atoms with Gasteiger partial charge in [-0.15, -0.1) is 0 Å². The molecule has 2 unspecified atom stereocenters. The van der Waals surface area contributed by atoms with Crippen LogP contribution < -0.4 is 27.2 Å². The third kappa shape index (κ3) is 4.73. The molecule has 2 aromatic carbocycles. The van der Waals surface area contributed by atoms with Crippen LogP contribution in [0.5, 0.6) is 11.5 Å². The van der Waals surface area contributed by atoms with Crippen LogP contribution in [-0.2, 0) is 10.2 Å². The average molecular weight is 507 g/mol. The summed E-state index contributed by atoms with van der Waals surface area (Å²) in [6, 6.07) is 15.5. The molecule has 0 saturated carbocycles. The van der Waals surface area contributed by atoms with Gasteiger partial charge in [0.25, 0.3) is 0 Å². The maximum absolute atomic E-state index is 14.1. The second kappa shape index (κ2) is 10.7. The summed E-state index contributed by atoms with van der Waals surface area (Å²) >= 11 is 0. The zero-order chi connectivity index (χ0) is 23.7. The van der Waals surface area contributed by atoms with E-state index in [2.05, 4.69) is 17.4 Å². The fraction of sp³-hybridized carbons (Fsp3) is 0.519. The monoisotopic (exact) mass is 506 g/mol. The standard InChI is InChI=1S/C27H32F2N2O3.ClH/c1-33-23-9-5-8-21-25(23)34-13-11-27(21)17-30-16-22(27)26(32)31-12-10-19(14-20(31)15-24(28)29)18-6-3-2-4-7-18;/h2-9,19-20,22,24,30H,10-17H2,1H3;1H/t19?,20?,22-,27-;/m0./s1. The molecule has 0 aromatic heterocycles. The molecule has 190 valence electrons. The number of quaternary nitrogens is 1. The summed E-state index contributed by atoms with van der Waals surface area (Å²) in [6.07, 6.45) is -0.595. The van der Waals surface area contributed by atoms with Gasteiger partial charge in [0.1, 0.15) is 5.92 Å². The number of fused-ring (bicyclic) bond motifs is 2. The van der Waals surface area contributed by atoms with Crippen LogP contribution in [0.2, 0.25) is 0 Å². The molecule has 0 radical (unpaired) electrons. The number of halogens is 3. The highest BCUT2D eigenvalue weighted by Crippen LogP contribution is 2.49. The van der Waals surface area contributed by atoms with Gasteiger partial charge >= 0.3 is 0 Å². The van der Waals surface area contributed by atoms with E-state index in [0.717, 1.165) is 30.7 Å². The van der Waals surface area contributed by atoms with E-state index in [1.165, 1.54) is 5.56 Å². The van der Waals surface area contributed by atoms with Gasteiger partial charge in [-0.05, 0) is 36.8 Å². The van der Waals surface area contributed by atoms with Crippen LogP contribution in [0.3, 0.4) is 0 Å². The fourth-order valence-electron chi connectivity index (χ4n) is 6.47. The topological polar surface area (TPSA) is 55.4 Å². The molecule has 2 fully saturated rings. The number of nitrogens with zero attached hydrogens (tertiary/aromatic N) is 1. The maximum atomic E-state index is 14.1. The highest BCUT2D eigenvalue weighted by atomic mass is 35.5. The number of carbonyl (C=O) groups is 1. The molecule has 1 amide bonds. The van der Waals surface area contributed by atoms with Gasteiger partial charge in [-0.3, -0.25) is 4.79 Å². The van der Waals surface area contributed by atoms with Gasteiger partial charge in [0.2, 0.25) is 12.3 Å². The first-order valence-electron chi connectivity index (χ1n) is 12.3. The minimum atomic E-state index is -2.44. The lowest BCUT2D eigenvalue weighted by molar-refractivity contribution is -0.640. The summed E-state index contributed by atoms with van der Waals surface area (Å²) in [5.41, 5.74) is 1.81. The number of alkyl halides is 2. The lowest BCUT2D eigenvalue weighted by Gasteiger charge is -2.44. The number of piperidine rings is 1. The van der Waals surface area contributed by atoms with Crippen LogP contribution in [0.4, 0.5) is 8.78 Å². The second-order valence-corrected chi connectivity index (χ2v) is 9.82. The first-order chi connectivity index (χ1) is 16.5. The highest BCUT2D eigenvalue weighted by Gasteiger charge is 2.56. The number of ether oxygens (including phenoxy) is 2. The molecule has 5 nitrogen and oxygen atoms in total. The molecule has 0 bridgehead atoms. The Balaban J connectivity index is 0.00000289. The highest BCUT2D eigenvalue weighted by molar-refractivity contribution is 5.82. The average Bonchev–Trinajstić information content (AvgIpc) is 3.27. The van der Waals surface area contributed by atoms with Crippen LogP contribution >= 0.6 is 0 Å². The van der Waals surface area contributed by atoms with E-state index >= 15 is 0 Å². The number of nitrogens with two attached hydrogens (primary N) is 1. The summed E-state index contributed by atoms with van der Waals surface area (Å²) < 4.78 is 38.7. The third-order valence-electron chi connectivity index (χ3n) is 8.13.